The molecule has 0 amide bonds. The molecule has 0 unspecified atom stereocenters. The molecule has 1 nitrogen and oxygen atoms in total. The molecule has 0 heterocycles. The third-order valence-corrected chi connectivity index (χ3v) is 2.48. The minimum atomic E-state index is -2.79. The van der Waals surface area contributed by atoms with Gasteiger partial charge in [-0.25, -0.2) is 0 Å². The van der Waals surface area contributed by atoms with Crippen molar-refractivity contribution in [1.29, 1.82) is 0 Å². The van der Waals surface area contributed by atoms with Crippen molar-refractivity contribution in [3.63, 3.8) is 0 Å². The van der Waals surface area contributed by atoms with Crippen molar-refractivity contribution >= 4 is 22.6 Å². The van der Waals surface area contributed by atoms with Gasteiger partial charge in [0.15, 0.2) is 0 Å². The summed E-state index contributed by atoms with van der Waals surface area (Å²) in [6, 6.07) is 5.02. The van der Waals surface area contributed by atoms with Crippen molar-refractivity contribution < 1.29 is 13.5 Å². The fourth-order valence-electron chi connectivity index (χ4n) is 1.08. The monoisotopic (exact) mass is 323 g/mol. The van der Waals surface area contributed by atoms with Crippen LogP contribution in [0.4, 0.5) is 8.78 Å². The quantitative estimate of drug-likeness (QED) is 0.761. The number of benzene rings is 1. The van der Waals surface area contributed by atoms with Crippen LogP contribution in [0.2, 0.25) is 0 Å². The maximum atomic E-state index is 12.0. The van der Waals surface area contributed by atoms with Gasteiger partial charge in [-0.2, -0.15) is 8.78 Å². The molecular formula is C11H10F2IO. The molecule has 4 heteroatoms. The number of ether oxygens (including phenoxy) is 1. The van der Waals surface area contributed by atoms with E-state index in [0.29, 0.717) is 0 Å². The molecule has 0 saturated carbocycles. The van der Waals surface area contributed by atoms with E-state index in [1.54, 1.807) is 18.2 Å². The molecule has 1 aromatic carbocycles. The van der Waals surface area contributed by atoms with Gasteiger partial charge in [-0.05, 0) is 46.4 Å². The Morgan fingerprint density at radius 3 is 2.67 bits per heavy atom. The van der Waals surface area contributed by atoms with Gasteiger partial charge in [-0.1, -0.05) is 13.0 Å². The molecule has 1 aromatic rings. The van der Waals surface area contributed by atoms with E-state index in [-0.39, 0.29) is 5.75 Å². The Bertz CT molecular complexity index is 352. The molecule has 0 saturated heterocycles. The number of rotatable bonds is 4. The van der Waals surface area contributed by atoms with E-state index < -0.39 is 6.61 Å². The van der Waals surface area contributed by atoms with E-state index in [0.717, 1.165) is 15.1 Å². The molecule has 81 valence electrons. The largest absolute Gasteiger partial charge is 0.435 e. The molecule has 1 rings (SSSR count). The summed E-state index contributed by atoms with van der Waals surface area (Å²) in [5, 5.41) is 0. The Hall–Kier alpha value is -0.650. The number of halogens is 3. The van der Waals surface area contributed by atoms with Crippen LogP contribution in [0.1, 0.15) is 12.5 Å². The first-order valence-corrected chi connectivity index (χ1v) is 5.32. The van der Waals surface area contributed by atoms with Crippen LogP contribution in [0, 0.1) is 9.49 Å². The predicted molar refractivity (Wildman–Crippen MR) is 64.0 cm³/mol. The maximum absolute atomic E-state index is 12.0. The smallest absolute Gasteiger partial charge is 0.387 e. The van der Waals surface area contributed by atoms with Gasteiger partial charge in [0.25, 0.3) is 0 Å². The lowest BCUT2D eigenvalue weighted by molar-refractivity contribution is -0.0499. The number of allylic oxidation sites excluding steroid dienone is 1. The molecule has 0 aliphatic heterocycles. The van der Waals surface area contributed by atoms with Crippen LogP contribution in [0.3, 0.4) is 0 Å². The zero-order valence-corrected chi connectivity index (χ0v) is 10.3. The topological polar surface area (TPSA) is 9.23 Å². The van der Waals surface area contributed by atoms with Crippen molar-refractivity contribution in [3.8, 4) is 5.75 Å². The number of alkyl halides is 2. The van der Waals surface area contributed by atoms with E-state index in [1.807, 2.05) is 13.0 Å². The molecular weight excluding hydrogens is 313 g/mol. The summed E-state index contributed by atoms with van der Waals surface area (Å²) in [6.45, 7) is 2.70. The summed E-state index contributed by atoms with van der Waals surface area (Å²) >= 11 is 2.05. The minimum Gasteiger partial charge on any atom is -0.435 e. The van der Waals surface area contributed by atoms with Gasteiger partial charge >= 0.3 is 6.61 Å². The Kier molecular flexibility index (Phi) is 4.50. The summed E-state index contributed by atoms with van der Waals surface area (Å²) in [6.07, 6.45) is 1.68. The molecule has 0 aromatic heterocycles. The molecule has 0 fully saturated rings. The first-order chi connectivity index (χ1) is 7.02. The zero-order chi connectivity index (χ0) is 11.4. The average Bonchev–Trinajstić information content (AvgIpc) is 2.14. The second kappa shape index (κ2) is 5.44. The first kappa shape index (κ1) is 12.4. The van der Waals surface area contributed by atoms with Crippen LogP contribution < -0.4 is 4.74 Å². The summed E-state index contributed by atoms with van der Waals surface area (Å²) in [7, 11) is 0. The average molecular weight is 323 g/mol. The van der Waals surface area contributed by atoms with E-state index in [1.165, 1.54) is 0 Å². The molecule has 1 radical (unpaired) electrons. The van der Waals surface area contributed by atoms with Crippen LogP contribution in [-0.4, -0.2) is 6.61 Å². The van der Waals surface area contributed by atoms with E-state index >= 15 is 0 Å². The lowest BCUT2D eigenvalue weighted by Crippen LogP contribution is -2.03. The predicted octanol–water partition coefficient (Wildman–Crippen LogP) is 4.02. The van der Waals surface area contributed by atoms with Crippen LogP contribution in [0.5, 0.6) is 5.75 Å². The molecule has 15 heavy (non-hydrogen) atoms. The van der Waals surface area contributed by atoms with Gasteiger partial charge in [0.1, 0.15) is 5.75 Å². The SMILES string of the molecule is C=C[C](C)c1cc(I)cc(OC(F)F)c1. The van der Waals surface area contributed by atoms with Gasteiger partial charge in [-0.15, -0.1) is 6.58 Å². The highest BCUT2D eigenvalue weighted by molar-refractivity contribution is 14.1. The first-order valence-electron chi connectivity index (χ1n) is 4.24. The standard InChI is InChI=1S/C11H10F2IO/c1-3-7(2)8-4-9(14)6-10(5-8)15-11(12)13/h3-6,11H,1H2,2H3. The second-order valence-electron chi connectivity index (χ2n) is 2.94. The van der Waals surface area contributed by atoms with Crippen molar-refractivity contribution in [3.05, 3.63) is 45.9 Å². The highest BCUT2D eigenvalue weighted by atomic mass is 127. The Labute approximate surface area is 101 Å². The highest BCUT2D eigenvalue weighted by Crippen LogP contribution is 2.25. The molecule has 0 N–H and O–H groups in total. The Morgan fingerprint density at radius 1 is 1.47 bits per heavy atom. The highest BCUT2D eigenvalue weighted by Gasteiger charge is 2.09. The molecule has 0 spiro atoms. The van der Waals surface area contributed by atoms with Gasteiger partial charge < -0.3 is 4.74 Å². The Balaban J connectivity index is 2.99. The van der Waals surface area contributed by atoms with Crippen LogP contribution in [0.15, 0.2) is 30.9 Å². The van der Waals surface area contributed by atoms with Crippen LogP contribution >= 0.6 is 22.6 Å². The summed E-state index contributed by atoms with van der Waals surface area (Å²) in [5.41, 5.74) is 0.840. The molecule has 0 aliphatic carbocycles. The molecule has 0 atom stereocenters. The van der Waals surface area contributed by atoms with Crippen molar-refractivity contribution in [1.82, 2.24) is 0 Å². The third-order valence-electron chi connectivity index (χ3n) is 1.86. The normalized spacial score (nSPS) is 10.8. The van der Waals surface area contributed by atoms with Gasteiger partial charge in [0.2, 0.25) is 0 Å². The van der Waals surface area contributed by atoms with Crippen molar-refractivity contribution in [2.75, 3.05) is 0 Å². The summed E-state index contributed by atoms with van der Waals surface area (Å²) in [4.78, 5) is 0. The zero-order valence-electron chi connectivity index (χ0n) is 8.14. The van der Waals surface area contributed by atoms with Crippen LogP contribution in [0.25, 0.3) is 0 Å². The van der Waals surface area contributed by atoms with E-state index in [2.05, 4.69) is 33.9 Å². The van der Waals surface area contributed by atoms with Gasteiger partial charge in [0, 0.05) is 9.49 Å². The van der Waals surface area contributed by atoms with Crippen LogP contribution in [-0.2, 0) is 0 Å². The van der Waals surface area contributed by atoms with Gasteiger partial charge in [0.05, 0.1) is 0 Å². The number of hydrogen-bond acceptors (Lipinski definition) is 1. The van der Waals surface area contributed by atoms with E-state index in [9.17, 15) is 8.78 Å². The minimum absolute atomic E-state index is 0.174. The Morgan fingerprint density at radius 2 is 2.13 bits per heavy atom. The second-order valence-corrected chi connectivity index (χ2v) is 4.19. The lowest BCUT2D eigenvalue weighted by Gasteiger charge is -2.10. The summed E-state index contributed by atoms with van der Waals surface area (Å²) < 4.78 is 29.2. The number of hydrogen-bond donors (Lipinski definition) is 0. The molecule has 0 bridgehead atoms. The maximum Gasteiger partial charge on any atom is 0.387 e. The molecule has 0 aliphatic rings. The summed E-state index contributed by atoms with van der Waals surface area (Å²) in [5.74, 6) is 1.10. The fraction of sp³-hybridized carbons (Fsp3) is 0.182. The van der Waals surface area contributed by atoms with E-state index in [4.69, 9.17) is 0 Å². The van der Waals surface area contributed by atoms with Gasteiger partial charge in [-0.3, -0.25) is 0 Å². The van der Waals surface area contributed by atoms with Crippen molar-refractivity contribution in [2.24, 2.45) is 0 Å². The fourth-order valence-corrected chi connectivity index (χ4v) is 1.72. The van der Waals surface area contributed by atoms with Crippen molar-refractivity contribution in [2.45, 2.75) is 13.5 Å². The lowest BCUT2D eigenvalue weighted by atomic mass is 10.0. The third kappa shape index (κ3) is 3.77.